The van der Waals surface area contributed by atoms with Crippen LogP contribution in [0.5, 0.6) is 0 Å². The van der Waals surface area contributed by atoms with Crippen LogP contribution in [-0.4, -0.2) is 63.3 Å². The van der Waals surface area contributed by atoms with Gasteiger partial charge in [-0.2, -0.15) is 4.98 Å². The first-order valence-electron chi connectivity index (χ1n) is 11.8. The Kier molecular flexibility index (Phi) is 10.1. The van der Waals surface area contributed by atoms with Crippen molar-refractivity contribution in [2.75, 3.05) is 37.3 Å². The summed E-state index contributed by atoms with van der Waals surface area (Å²) in [5.41, 5.74) is 2.51. The third-order valence-electron chi connectivity index (χ3n) is 5.75. The molecule has 1 amide bonds. The van der Waals surface area contributed by atoms with E-state index >= 15 is 0 Å². The van der Waals surface area contributed by atoms with Crippen molar-refractivity contribution in [2.45, 2.75) is 64.4 Å². The third kappa shape index (κ3) is 7.13. The summed E-state index contributed by atoms with van der Waals surface area (Å²) in [5, 5.41) is 5.60. The van der Waals surface area contributed by atoms with E-state index in [1.54, 1.807) is 12.3 Å². The van der Waals surface area contributed by atoms with Gasteiger partial charge in [-0.1, -0.05) is 25.6 Å². The fourth-order valence-electron chi connectivity index (χ4n) is 3.97. The van der Waals surface area contributed by atoms with Gasteiger partial charge in [-0.25, -0.2) is 9.78 Å². The maximum absolute atomic E-state index is 12.8. The van der Waals surface area contributed by atoms with Gasteiger partial charge in [-0.3, -0.25) is 14.2 Å². The maximum atomic E-state index is 12.8. The quantitative estimate of drug-likeness (QED) is 0.266. The number of thiazole rings is 1. The van der Waals surface area contributed by atoms with Gasteiger partial charge in [0.2, 0.25) is 5.91 Å². The van der Waals surface area contributed by atoms with E-state index in [0.717, 1.165) is 56.6 Å². The second kappa shape index (κ2) is 13.0. The number of ether oxygens (including phenoxy) is 1. The highest BCUT2D eigenvalue weighted by atomic mass is 32.2. The van der Waals surface area contributed by atoms with Crippen molar-refractivity contribution in [1.29, 1.82) is 0 Å². The fraction of sp³-hybridized carbons (Fsp3) is 0.609. The van der Waals surface area contributed by atoms with Crippen LogP contribution >= 0.6 is 23.1 Å². The standard InChI is InChI=1S/C23H33N5O4S2/c1-4-27(5-2)11-12-28-18-10-8-7-9-17(18)21(26-23(28)31)33-15-19(29)25-22-24-16(14-34-22)13-20(30)32-6-3/h14H,4-13,15H2,1-3H3,(H,24,25,29). The van der Waals surface area contributed by atoms with Crippen molar-refractivity contribution in [1.82, 2.24) is 19.4 Å². The first kappa shape index (κ1) is 26.4. The molecule has 34 heavy (non-hydrogen) atoms. The molecule has 0 spiro atoms. The number of carbonyl (C=O) groups excluding carboxylic acids is 2. The SMILES string of the molecule is CCOC(=O)Cc1csc(NC(=O)CSc2nc(=O)n(CCN(CC)CC)c3c2CCCC3)n1. The Bertz CT molecular complexity index is 1050. The first-order valence-corrected chi connectivity index (χ1v) is 13.7. The number of esters is 1. The number of nitrogens with zero attached hydrogens (tertiary/aromatic N) is 4. The summed E-state index contributed by atoms with van der Waals surface area (Å²) in [4.78, 5) is 47.9. The van der Waals surface area contributed by atoms with Gasteiger partial charge in [0, 0.05) is 29.7 Å². The van der Waals surface area contributed by atoms with E-state index in [1.807, 2.05) is 4.57 Å². The predicted molar refractivity (Wildman–Crippen MR) is 135 cm³/mol. The third-order valence-corrected chi connectivity index (χ3v) is 7.58. The Labute approximate surface area is 208 Å². The minimum absolute atomic E-state index is 0.0790. The molecule has 2 heterocycles. The van der Waals surface area contributed by atoms with E-state index in [0.29, 0.717) is 29.0 Å². The molecule has 1 N–H and O–H groups in total. The zero-order valence-electron chi connectivity index (χ0n) is 20.1. The summed E-state index contributed by atoms with van der Waals surface area (Å²) in [6.07, 6.45) is 3.94. The van der Waals surface area contributed by atoms with Gasteiger partial charge < -0.3 is 15.0 Å². The molecule has 9 nitrogen and oxygen atoms in total. The van der Waals surface area contributed by atoms with Crippen LogP contribution in [0.25, 0.3) is 0 Å². The van der Waals surface area contributed by atoms with E-state index < -0.39 is 0 Å². The van der Waals surface area contributed by atoms with Crippen LogP contribution < -0.4 is 11.0 Å². The van der Waals surface area contributed by atoms with E-state index in [-0.39, 0.29) is 29.7 Å². The second-order valence-electron chi connectivity index (χ2n) is 7.97. The first-order chi connectivity index (χ1) is 16.4. The van der Waals surface area contributed by atoms with Gasteiger partial charge in [-0.05, 0) is 45.7 Å². The molecule has 11 heteroatoms. The van der Waals surface area contributed by atoms with E-state index in [2.05, 4.69) is 34.0 Å². The molecule has 1 aliphatic carbocycles. The Morgan fingerprint density at radius 1 is 1.21 bits per heavy atom. The number of thioether (sulfide) groups is 1. The smallest absolute Gasteiger partial charge is 0.348 e. The number of anilines is 1. The summed E-state index contributed by atoms with van der Waals surface area (Å²) >= 11 is 2.56. The molecule has 0 aromatic carbocycles. The number of carbonyl (C=O) groups is 2. The molecule has 0 saturated heterocycles. The molecule has 2 aromatic rings. The van der Waals surface area contributed by atoms with Gasteiger partial charge in [0.25, 0.3) is 0 Å². The van der Waals surface area contributed by atoms with Crippen molar-refractivity contribution in [3.63, 3.8) is 0 Å². The lowest BCUT2D eigenvalue weighted by atomic mass is 9.97. The van der Waals surface area contributed by atoms with Crippen LogP contribution in [0.3, 0.4) is 0 Å². The lowest BCUT2D eigenvalue weighted by Gasteiger charge is -2.24. The Balaban J connectivity index is 1.64. The van der Waals surface area contributed by atoms with Crippen LogP contribution in [0.15, 0.2) is 15.2 Å². The van der Waals surface area contributed by atoms with Crippen LogP contribution in [0, 0.1) is 0 Å². The monoisotopic (exact) mass is 507 g/mol. The highest BCUT2D eigenvalue weighted by Crippen LogP contribution is 2.28. The number of hydrogen-bond donors (Lipinski definition) is 1. The van der Waals surface area contributed by atoms with Crippen molar-refractivity contribution in [2.24, 2.45) is 0 Å². The van der Waals surface area contributed by atoms with Gasteiger partial charge in [0.15, 0.2) is 5.13 Å². The molecule has 0 unspecified atom stereocenters. The van der Waals surface area contributed by atoms with Crippen molar-refractivity contribution in [3.8, 4) is 0 Å². The van der Waals surface area contributed by atoms with E-state index in [9.17, 15) is 14.4 Å². The summed E-state index contributed by atoms with van der Waals surface area (Å²) < 4.78 is 6.75. The number of aromatic nitrogens is 3. The summed E-state index contributed by atoms with van der Waals surface area (Å²) in [6.45, 7) is 9.68. The van der Waals surface area contributed by atoms with Gasteiger partial charge >= 0.3 is 11.7 Å². The fourth-order valence-corrected chi connectivity index (χ4v) is 5.58. The zero-order chi connectivity index (χ0) is 24.5. The zero-order valence-corrected chi connectivity index (χ0v) is 21.7. The van der Waals surface area contributed by atoms with Crippen LogP contribution in [0.2, 0.25) is 0 Å². The summed E-state index contributed by atoms with van der Waals surface area (Å²) in [5.74, 6) is -0.433. The molecule has 0 atom stereocenters. The molecule has 1 aliphatic rings. The average Bonchev–Trinajstić information content (AvgIpc) is 3.25. The minimum atomic E-state index is -0.344. The Morgan fingerprint density at radius 2 is 1.97 bits per heavy atom. The van der Waals surface area contributed by atoms with Gasteiger partial charge in [0.1, 0.15) is 5.03 Å². The molecule has 186 valence electrons. The molecule has 0 fully saturated rings. The number of hydrogen-bond acceptors (Lipinski definition) is 9. The normalized spacial score (nSPS) is 13.1. The minimum Gasteiger partial charge on any atom is -0.466 e. The number of nitrogens with one attached hydrogen (secondary N) is 1. The second-order valence-corrected chi connectivity index (χ2v) is 9.80. The maximum Gasteiger partial charge on any atom is 0.348 e. The van der Waals surface area contributed by atoms with Crippen molar-refractivity contribution < 1.29 is 14.3 Å². The molecule has 0 bridgehead atoms. The number of rotatable bonds is 12. The Hall–Kier alpha value is -2.24. The number of amides is 1. The largest absolute Gasteiger partial charge is 0.466 e. The summed E-state index contributed by atoms with van der Waals surface area (Å²) in [6, 6.07) is 0. The van der Waals surface area contributed by atoms with E-state index in [4.69, 9.17) is 4.74 Å². The molecule has 2 aromatic heterocycles. The van der Waals surface area contributed by atoms with Gasteiger partial charge in [0.05, 0.1) is 24.5 Å². The molecular formula is C23H33N5O4S2. The number of fused-ring (bicyclic) bond motifs is 1. The topological polar surface area (TPSA) is 106 Å². The lowest BCUT2D eigenvalue weighted by Crippen LogP contribution is -2.35. The Morgan fingerprint density at radius 3 is 2.71 bits per heavy atom. The molecule has 0 aliphatic heterocycles. The van der Waals surface area contributed by atoms with E-state index in [1.165, 1.54) is 23.1 Å². The molecule has 0 radical (unpaired) electrons. The molecule has 0 saturated carbocycles. The molecule has 3 rings (SSSR count). The summed E-state index contributed by atoms with van der Waals surface area (Å²) in [7, 11) is 0. The highest BCUT2D eigenvalue weighted by Gasteiger charge is 2.21. The highest BCUT2D eigenvalue weighted by molar-refractivity contribution is 8.00. The van der Waals surface area contributed by atoms with Crippen LogP contribution in [0.4, 0.5) is 5.13 Å². The van der Waals surface area contributed by atoms with Crippen molar-refractivity contribution >= 4 is 40.1 Å². The van der Waals surface area contributed by atoms with Crippen LogP contribution in [0.1, 0.15) is 50.6 Å². The average molecular weight is 508 g/mol. The van der Waals surface area contributed by atoms with Crippen LogP contribution in [-0.2, 0) is 40.1 Å². The number of likely N-dealkylation sites (N-methyl/N-ethyl adjacent to an activating group) is 1. The lowest BCUT2D eigenvalue weighted by molar-refractivity contribution is -0.142. The van der Waals surface area contributed by atoms with Gasteiger partial charge in [-0.15, -0.1) is 11.3 Å². The van der Waals surface area contributed by atoms with Crippen molar-refractivity contribution in [3.05, 3.63) is 32.8 Å². The predicted octanol–water partition coefficient (Wildman–Crippen LogP) is 2.76. The molecular weight excluding hydrogens is 474 g/mol.